The molecule has 0 unspecified atom stereocenters. The topological polar surface area (TPSA) is 69.2 Å². The average Bonchev–Trinajstić information content (AvgIpc) is 2.72. The lowest BCUT2D eigenvalue weighted by Crippen LogP contribution is -2.17. The van der Waals surface area contributed by atoms with Crippen LogP contribution in [0.15, 0.2) is 59.7 Å². The molecule has 28 heavy (non-hydrogen) atoms. The van der Waals surface area contributed by atoms with E-state index < -0.39 is 0 Å². The maximum Gasteiger partial charge on any atom is 0.236 e. The normalized spacial score (nSPS) is 11.2. The van der Waals surface area contributed by atoms with E-state index in [4.69, 9.17) is 14.2 Å². The summed E-state index contributed by atoms with van der Waals surface area (Å²) >= 11 is 0. The zero-order valence-electron chi connectivity index (χ0n) is 16.3. The largest absolute Gasteiger partial charge is 0.493 e. The molecule has 0 spiro atoms. The number of hydrogen-bond donors (Lipinski definition) is 1. The molecule has 1 N–H and O–H groups in total. The minimum absolute atomic E-state index is 0.259. The van der Waals surface area contributed by atoms with Crippen LogP contribution in [0.1, 0.15) is 18.1 Å². The molecule has 3 aromatic carbocycles. The van der Waals surface area contributed by atoms with Crippen molar-refractivity contribution >= 4 is 22.4 Å². The monoisotopic (exact) mass is 378 g/mol. The molecule has 0 aliphatic heterocycles. The van der Waals surface area contributed by atoms with Crippen LogP contribution in [0.2, 0.25) is 0 Å². The van der Waals surface area contributed by atoms with Crippen molar-refractivity contribution in [1.29, 1.82) is 0 Å². The molecule has 3 rings (SSSR count). The summed E-state index contributed by atoms with van der Waals surface area (Å²) in [7, 11) is 4.67. The van der Waals surface area contributed by atoms with Gasteiger partial charge in [0, 0.05) is 18.1 Å². The van der Waals surface area contributed by atoms with Crippen LogP contribution < -0.4 is 19.6 Å². The highest BCUT2D eigenvalue weighted by Gasteiger charge is 2.17. The molecular formula is C22H22N2O4. The van der Waals surface area contributed by atoms with Crippen LogP contribution in [0.4, 0.5) is 0 Å². The molecule has 6 nitrogen and oxygen atoms in total. The highest BCUT2D eigenvalue weighted by molar-refractivity contribution is 6.15. The third-order valence-electron chi connectivity index (χ3n) is 4.29. The maximum atomic E-state index is 11.5. The predicted octanol–water partition coefficient (Wildman–Crippen LogP) is 3.75. The highest BCUT2D eigenvalue weighted by Crippen LogP contribution is 2.39. The summed E-state index contributed by atoms with van der Waals surface area (Å²) in [6, 6.07) is 17.7. The molecule has 3 aromatic rings. The van der Waals surface area contributed by atoms with Crippen LogP contribution in [0.5, 0.6) is 17.2 Å². The quantitative estimate of drug-likeness (QED) is 0.524. The lowest BCUT2D eigenvalue weighted by atomic mass is 9.98. The number of fused-ring (bicyclic) bond motifs is 1. The van der Waals surface area contributed by atoms with Crippen molar-refractivity contribution in [2.45, 2.75) is 6.92 Å². The number of amides is 1. The van der Waals surface area contributed by atoms with Crippen LogP contribution in [-0.2, 0) is 4.79 Å². The lowest BCUT2D eigenvalue weighted by molar-refractivity contribution is -0.118. The van der Waals surface area contributed by atoms with E-state index in [9.17, 15) is 4.79 Å². The van der Waals surface area contributed by atoms with Gasteiger partial charge in [-0.05, 0) is 29.0 Å². The number of hydrogen-bond acceptors (Lipinski definition) is 5. The summed E-state index contributed by atoms with van der Waals surface area (Å²) in [5.74, 6) is 1.25. The minimum Gasteiger partial charge on any atom is -0.493 e. The van der Waals surface area contributed by atoms with Crippen LogP contribution in [-0.4, -0.2) is 32.9 Å². The van der Waals surface area contributed by atoms with Gasteiger partial charge in [0.1, 0.15) is 0 Å². The molecule has 1 amide bonds. The predicted molar refractivity (Wildman–Crippen MR) is 110 cm³/mol. The van der Waals surface area contributed by atoms with Gasteiger partial charge in [0.2, 0.25) is 11.7 Å². The summed E-state index contributed by atoms with van der Waals surface area (Å²) in [6.07, 6.45) is 0. The SMILES string of the molecule is COc1cc(/C(=N/NC(C)=O)c2ccc3ccccc3c2)cc(OC)c1OC. The summed E-state index contributed by atoms with van der Waals surface area (Å²) in [4.78, 5) is 11.5. The van der Waals surface area contributed by atoms with Crippen LogP contribution >= 0.6 is 0 Å². The number of rotatable bonds is 6. The number of benzene rings is 3. The standard InChI is InChI=1S/C22H22N2O4/c1-14(25)23-24-21(17-10-9-15-7-5-6-8-16(15)11-17)18-12-19(26-2)22(28-4)20(13-18)27-3/h5-13H,1-4H3,(H,23,25)/b24-21+. The van der Waals surface area contributed by atoms with Gasteiger partial charge in [-0.15, -0.1) is 0 Å². The number of nitrogens with zero attached hydrogens (tertiary/aromatic N) is 1. The highest BCUT2D eigenvalue weighted by atomic mass is 16.5. The van der Waals surface area contributed by atoms with Crippen molar-refractivity contribution in [3.63, 3.8) is 0 Å². The summed E-state index contributed by atoms with van der Waals surface area (Å²) < 4.78 is 16.3. The number of carbonyl (C=O) groups excluding carboxylic acids is 1. The molecule has 0 saturated carbocycles. The third kappa shape index (κ3) is 3.91. The molecule has 0 fully saturated rings. The molecule has 144 valence electrons. The Balaban J connectivity index is 2.20. The van der Waals surface area contributed by atoms with Crippen molar-refractivity contribution in [3.8, 4) is 17.2 Å². The molecule has 0 aliphatic rings. The van der Waals surface area contributed by atoms with Gasteiger partial charge in [-0.1, -0.05) is 36.4 Å². The lowest BCUT2D eigenvalue weighted by Gasteiger charge is -2.15. The van der Waals surface area contributed by atoms with Gasteiger partial charge in [-0.2, -0.15) is 5.10 Å². The first-order valence-corrected chi connectivity index (χ1v) is 8.71. The van der Waals surface area contributed by atoms with Crippen molar-refractivity contribution in [3.05, 3.63) is 65.7 Å². The third-order valence-corrected chi connectivity index (χ3v) is 4.29. The molecule has 0 bridgehead atoms. The van der Waals surface area contributed by atoms with Gasteiger partial charge >= 0.3 is 0 Å². The second kappa shape index (κ2) is 8.43. The number of carbonyl (C=O) groups is 1. The Morgan fingerprint density at radius 1 is 0.821 bits per heavy atom. The number of hydrazone groups is 1. The smallest absolute Gasteiger partial charge is 0.236 e. The Bertz CT molecular complexity index is 1020. The van der Waals surface area contributed by atoms with Gasteiger partial charge in [0.05, 0.1) is 27.0 Å². The van der Waals surface area contributed by atoms with E-state index in [1.807, 2.05) is 42.5 Å². The zero-order valence-corrected chi connectivity index (χ0v) is 16.3. The first-order chi connectivity index (χ1) is 13.6. The first kappa shape index (κ1) is 19.2. The van der Waals surface area contributed by atoms with E-state index in [0.717, 1.165) is 21.9 Å². The van der Waals surface area contributed by atoms with Crippen molar-refractivity contribution in [2.75, 3.05) is 21.3 Å². The van der Waals surface area contributed by atoms with E-state index in [1.54, 1.807) is 33.5 Å². The fraction of sp³-hybridized carbons (Fsp3) is 0.182. The summed E-state index contributed by atoms with van der Waals surface area (Å²) in [5.41, 5.74) is 4.68. The van der Waals surface area contributed by atoms with E-state index in [0.29, 0.717) is 23.0 Å². The Kier molecular flexibility index (Phi) is 5.79. The second-order valence-corrected chi connectivity index (χ2v) is 6.10. The molecule has 0 atom stereocenters. The van der Waals surface area contributed by atoms with Crippen molar-refractivity contribution < 1.29 is 19.0 Å². The number of ether oxygens (including phenoxy) is 3. The van der Waals surface area contributed by atoms with E-state index in [1.165, 1.54) is 6.92 Å². The molecule has 0 aliphatic carbocycles. The number of nitrogens with one attached hydrogen (secondary N) is 1. The fourth-order valence-corrected chi connectivity index (χ4v) is 2.98. The Hall–Kier alpha value is -3.54. The van der Waals surface area contributed by atoms with Gasteiger partial charge in [-0.25, -0.2) is 5.43 Å². The first-order valence-electron chi connectivity index (χ1n) is 8.71. The second-order valence-electron chi connectivity index (χ2n) is 6.10. The molecule has 0 heterocycles. The van der Waals surface area contributed by atoms with E-state index >= 15 is 0 Å². The summed E-state index contributed by atoms with van der Waals surface area (Å²) in [5, 5.41) is 6.53. The van der Waals surface area contributed by atoms with E-state index in [2.05, 4.69) is 10.5 Å². The number of methoxy groups -OCH3 is 3. The minimum atomic E-state index is -0.259. The van der Waals surface area contributed by atoms with Crippen molar-refractivity contribution in [1.82, 2.24) is 5.43 Å². The Morgan fingerprint density at radius 2 is 1.46 bits per heavy atom. The van der Waals surface area contributed by atoms with Crippen LogP contribution in [0, 0.1) is 0 Å². The maximum absolute atomic E-state index is 11.5. The van der Waals surface area contributed by atoms with Crippen LogP contribution in [0.3, 0.4) is 0 Å². The van der Waals surface area contributed by atoms with Gasteiger partial charge in [-0.3, -0.25) is 4.79 Å². The molecular weight excluding hydrogens is 356 g/mol. The zero-order chi connectivity index (χ0) is 20.1. The molecule has 6 heteroatoms. The molecule has 0 saturated heterocycles. The molecule has 0 radical (unpaired) electrons. The van der Waals surface area contributed by atoms with E-state index in [-0.39, 0.29) is 5.91 Å². The van der Waals surface area contributed by atoms with Crippen molar-refractivity contribution in [2.24, 2.45) is 5.10 Å². The van der Waals surface area contributed by atoms with Gasteiger partial charge in [0.15, 0.2) is 11.5 Å². The average molecular weight is 378 g/mol. The van der Waals surface area contributed by atoms with Gasteiger partial charge in [0.25, 0.3) is 0 Å². The summed E-state index contributed by atoms with van der Waals surface area (Å²) in [6.45, 7) is 1.41. The Labute approximate surface area is 163 Å². The van der Waals surface area contributed by atoms with Crippen LogP contribution in [0.25, 0.3) is 10.8 Å². The van der Waals surface area contributed by atoms with Gasteiger partial charge < -0.3 is 14.2 Å². The fourth-order valence-electron chi connectivity index (χ4n) is 2.98. The Morgan fingerprint density at radius 3 is 2.04 bits per heavy atom. The molecule has 0 aromatic heterocycles.